The third kappa shape index (κ3) is 6.25. The smallest absolute Gasteiger partial charge is 0.119 e. The summed E-state index contributed by atoms with van der Waals surface area (Å²) in [5, 5.41) is 11.8. The maximum Gasteiger partial charge on any atom is 0.119 e. The van der Waals surface area contributed by atoms with Gasteiger partial charge < -0.3 is 14.7 Å². The molecule has 4 heteroatoms. The Labute approximate surface area is 115 Å². The molecule has 0 saturated heterocycles. The summed E-state index contributed by atoms with van der Waals surface area (Å²) in [6.45, 7) is 8.04. The summed E-state index contributed by atoms with van der Waals surface area (Å²) in [6, 6.07) is 7.45. The van der Waals surface area contributed by atoms with Gasteiger partial charge in [-0.2, -0.15) is 0 Å². The van der Waals surface area contributed by atoms with Crippen LogP contribution in [0.2, 0.25) is 0 Å². The van der Waals surface area contributed by atoms with Crippen molar-refractivity contribution < 1.29 is 14.7 Å². The van der Waals surface area contributed by atoms with E-state index in [2.05, 4.69) is 19.0 Å². The molecule has 0 bridgehead atoms. The second kappa shape index (κ2) is 8.53. The van der Waals surface area contributed by atoms with E-state index in [9.17, 15) is 0 Å². The van der Waals surface area contributed by atoms with Crippen molar-refractivity contribution in [2.45, 2.75) is 27.2 Å². The predicted octanol–water partition coefficient (Wildman–Crippen LogP) is 3.33. The summed E-state index contributed by atoms with van der Waals surface area (Å²) in [5.74, 6) is 1.46. The normalized spacial score (nSPS) is 11.9. The third-order valence-electron chi connectivity index (χ3n) is 2.76. The molecule has 0 aliphatic heterocycles. The molecule has 0 radical (unpaired) electrons. The Morgan fingerprint density at radius 3 is 2.42 bits per heavy atom. The topological polar surface area (TPSA) is 51.1 Å². The molecule has 1 aromatic rings. The minimum Gasteiger partial charge on any atom is -0.491 e. The Kier molecular flexibility index (Phi) is 6.97. The van der Waals surface area contributed by atoms with Crippen molar-refractivity contribution in [2.75, 3.05) is 19.8 Å². The number of ether oxygens (including phenoxy) is 2. The minimum atomic E-state index is 0.546. The first-order chi connectivity index (χ1) is 9.13. The number of benzene rings is 1. The molecule has 0 aliphatic rings. The molecule has 0 aliphatic carbocycles. The van der Waals surface area contributed by atoms with Crippen molar-refractivity contribution >= 4 is 5.71 Å². The second-order valence-corrected chi connectivity index (χ2v) is 4.85. The molecule has 0 spiro atoms. The molecule has 0 fully saturated rings. The van der Waals surface area contributed by atoms with E-state index < -0.39 is 0 Å². The summed E-state index contributed by atoms with van der Waals surface area (Å²) in [5.41, 5.74) is 1.46. The van der Waals surface area contributed by atoms with Crippen molar-refractivity contribution in [1.29, 1.82) is 0 Å². The number of nitrogens with zero attached hydrogens (tertiary/aromatic N) is 1. The Morgan fingerprint density at radius 1 is 1.16 bits per heavy atom. The van der Waals surface area contributed by atoms with E-state index in [-0.39, 0.29) is 0 Å². The van der Waals surface area contributed by atoms with Crippen LogP contribution in [0, 0.1) is 5.92 Å². The van der Waals surface area contributed by atoms with Crippen LogP contribution in [-0.4, -0.2) is 30.7 Å². The van der Waals surface area contributed by atoms with Gasteiger partial charge in [-0.3, -0.25) is 0 Å². The lowest BCUT2D eigenvalue weighted by molar-refractivity contribution is 0.0926. The summed E-state index contributed by atoms with van der Waals surface area (Å²) in [7, 11) is 0. The van der Waals surface area contributed by atoms with Gasteiger partial charge in [-0.15, -0.1) is 0 Å². The van der Waals surface area contributed by atoms with Crippen molar-refractivity contribution in [3.05, 3.63) is 29.8 Å². The van der Waals surface area contributed by atoms with Gasteiger partial charge in [0, 0.05) is 6.61 Å². The average molecular weight is 265 g/mol. The third-order valence-corrected chi connectivity index (χ3v) is 2.76. The maximum absolute atomic E-state index is 8.66. The largest absolute Gasteiger partial charge is 0.491 e. The zero-order chi connectivity index (χ0) is 14.1. The van der Waals surface area contributed by atoms with Gasteiger partial charge in [0.15, 0.2) is 0 Å². The van der Waals surface area contributed by atoms with Gasteiger partial charge in [0.25, 0.3) is 0 Å². The molecule has 0 unspecified atom stereocenters. The first-order valence-corrected chi connectivity index (χ1v) is 6.63. The van der Waals surface area contributed by atoms with E-state index >= 15 is 0 Å². The molecular formula is C15H23NO3. The molecule has 0 atom stereocenters. The lowest BCUT2D eigenvalue weighted by Gasteiger charge is -2.08. The maximum atomic E-state index is 8.66. The van der Waals surface area contributed by atoms with E-state index in [1.54, 1.807) is 6.92 Å². The lowest BCUT2D eigenvalue weighted by atomic mass is 10.1. The van der Waals surface area contributed by atoms with Gasteiger partial charge in [-0.1, -0.05) is 19.0 Å². The number of hydrogen-bond donors (Lipinski definition) is 1. The zero-order valence-corrected chi connectivity index (χ0v) is 11.9. The van der Waals surface area contributed by atoms with Crippen molar-refractivity contribution in [3.63, 3.8) is 0 Å². The Morgan fingerprint density at radius 2 is 1.84 bits per heavy atom. The molecule has 1 aromatic carbocycles. The molecular weight excluding hydrogens is 242 g/mol. The predicted molar refractivity (Wildman–Crippen MR) is 76.2 cm³/mol. The quantitative estimate of drug-likeness (QED) is 0.339. The van der Waals surface area contributed by atoms with Crippen molar-refractivity contribution in [3.8, 4) is 5.75 Å². The highest BCUT2D eigenvalue weighted by Crippen LogP contribution is 2.12. The Bertz CT molecular complexity index is 385. The first kappa shape index (κ1) is 15.5. The molecule has 0 amide bonds. The first-order valence-electron chi connectivity index (χ1n) is 6.63. The van der Waals surface area contributed by atoms with E-state index in [0.717, 1.165) is 24.3 Å². The van der Waals surface area contributed by atoms with Gasteiger partial charge in [0.1, 0.15) is 12.4 Å². The van der Waals surface area contributed by atoms with Crippen LogP contribution in [0.5, 0.6) is 5.75 Å². The van der Waals surface area contributed by atoms with Crippen LogP contribution in [0.1, 0.15) is 32.8 Å². The summed E-state index contributed by atoms with van der Waals surface area (Å²) in [4.78, 5) is 0. The highest BCUT2D eigenvalue weighted by atomic mass is 16.5. The van der Waals surface area contributed by atoms with Crippen LogP contribution in [0.15, 0.2) is 29.4 Å². The van der Waals surface area contributed by atoms with Gasteiger partial charge in [0.2, 0.25) is 0 Å². The Balaban J connectivity index is 2.23. The second-order valence-electron chi connectivity index (χ2n) is 4.85. The van der Waals surface area contributed by atoms with Crippen LogP contribution >= 0.6 is 0 Å². The highest BCUT2D eigenvalue weighted by molar-refractivity contribution is 5.98. The van der Waals surface area contributed by atoms with Gasteiger partial charge in [-0.05, 0) is 49.1 Å². The number of rotatable bonds is 8. The minimum absolute atomic E-state index is 0.546. The summed E-state index contributed by atoms with van der Waals surface area (Å²) < 4.78 is 11.0. The van der Waals surface area contributed by atoms with E-state index in [1.165, 1.54) is 0 Å². The summed E-state index contributed by atoms with van der Waals surface area (Å²) in [6.07, 6.45) is 1.08. The SMILES string of the molecule is C/C(=N\O)c1ccc(OCCOCCC(C)C)cc1. The molecule has 0 saturated carbocycles. The Hall–Kier alpha value is -1.55. The van der Waals surface area contributed by atoms with Crippen LogP contribution in [0.25, 0.3) is 0 Å². The summed E-state index contributed by atoms with van der Waals surface area (Å²) >= 11 is 0. The van der Waals surface area contributed by atoms with E-state index in [0.29, 0.717) is 24.8 Å². The molecule has 4 nitrogen and oxygen atoms in total. The van der Waals surface area contributed by atoms with Crippen LogP contribution in [-0.2, 0) is 4.74 Å². The van der Waals surface area contributed by atoms with Gasteiger partial charge in [-0.25, -0.2) is 0 Å². The molecule has 0 aromatic heterocycles. The van der Waals surface area contributed by atoms with Crippen LogP contribution in [0.4, 0.5) is 0 Å². The van der Waals surface area contributed by atoms with E-state index in [4.69, 9.17) is 14.7 Å². The van der Waals surface area contributed by atoms with Crippen molar-refractivity contribution in [1.82, 2.24) is 0 Å². The number of oxime groups is 1. The fourth-order valence-corrected chi connectivity index (χ4v) is 1.49. The molecule has 106 valence electrons. The zero-order valence-electron chi connectivity index (χ0n) is 11.9. The van der Waals surface area contributed by atoms with E-state index in [1.807, 2.05) is 24.3 Å². The molecule has 1 rings (SSSR count). The van der Waals surface area contributed by atoms with Crippen LogP contribution < -0.4 is 4.74 Å². The van der Waals surface area contributed by atoms with Crippen LogP contribution in [0.3, 0.4) is 0 Å². The average Bonchev–Trinajstić information content (AvgIpc) is 2.42. The molecule has 0 heterocycles. The highest BCUT2D eigenvalue weighted by Gasteiger charge is 1.99. The molecule has 1 N–H and O–H groups in total. The van der Waals surface area contributed by atoms with Crippen molar-refractivity contribution in [2.24, 2.45) is 11.1 Å². The number of hydrogen-bond acceptors (Lipinski definition) is 4. The fourth-order valence-electron chi connectivity index (χ4n) is 1.49. The lowest BCUT2D eigenvalue weighted by Crippen LogP contribution is -2.08. The standard InChI is InChI=1S/C15H23NO3/c1-12(2)8-9-18-10-11-19-15-6-4-14(5-7-15)13(3)16-17/h4-7,12,17H,8-11H2,1-3H3/b16-13+. The van der Waals surface area contributed by atoms with Gasteiger partial charge in [0.05, 0.1) is 12.3 Å². The fraction of sp³-hybridized carbons (Fsp3) is 0.533. The monoisotopic (exact) mass is 265 g/mol. The molecule has 19 heavy (non-hydrogen) atoms. The van der Waals surface area contributed by atoms with Gasteiger partial charge >= 0.3 is 0 Å².